The molecule has 0 radical (unpaired) electrons. The lowest BCUT2D eigenvalue weighted by Gasteiger charge is -2.16. The van der Waals surface area contributed by atoms with Crippen LogP contribution >= 0.6 is 0 Å². The quantitative estimate of drug-likeness (QED) is 0.908. The number of aromatic carboxylic acids is 1. The molecular formula is C13H13NO5S. The number of carboxylic acids is 1. The number of benzene rings is 1. The minimum atomic E-state index is -3.66. The van der Waals surface area contributed by atoms with E-state index in [9.17, 15) is 13.2 Å². The molecule has 1 aromatic carbocycles. The maximum atomic E-state index is 12.3. The van der Waals surface area contributed by atoms with Crippen LogP contribution in [0.3, 0.4) is 0 Å². The van der Waals surface area contributed by atoms with Crippen molar-refractivity contribution in [3.05, 3.63) is 54.0 Å². The summed E-state index contributed by atoms with van der Waals surface area (Å²) < 4.78 is 30.6. The predicted octanol–water partition coefficient (Wildman–Crippen LogP) is 1.80. The van der Waals surface area contributed by atoms with Gasteiger partial charge in [-0.15, -0.1) is 0 Å². The van der Waals surface area contributed by atoms with Gasteiger partial charge in [-0.25, -0.2) is 13.2 Å². The van der Waals surface area contributed by atoms with Gasteiger partial charge < -0.3 is 9.52 Å². The summed E-state index contributed by atoms with van der Waals surface area (Å²) in [7, 11) is -2.21. The van der Waals surface area contributed by atoms with Gasteiger partial charge in [0, 0.05) is 19.2 Å². The summed E-state index contributed by atoms with van der Waals surface area (Å²) >= 11 is 0. The van der Waals surface area contributed by atoms with Crippen LogP contribution in [-0.2, 0) is 16.6 Å². The van der Waals surface area contributed by atoms with Crippen molar-refractivity contribution < 1.29 is 22.7 Å². The van der Waals surface area contributed by atoms with Crippen molar-refractivity contribution in [1.82, 2.24) is 4.31 Å². The van der Waals surface area contributed by atoms with Gasteiger partial charge in [-0.2, -0.15) is 4.31 Å². The van der Waals surface area contributed by atoms with Gasteiger partial charge in [-0.3, -0.25) is 0 Å². The number of rotatable bonds is 5. The lowest BCUT2D eigenvalue weighted by atomic mass is 10.2. The number of hydrogen-bond donors (Lipinski definition) is 1. The molecule has 6 nitrogen and oxygen atoms in total. The second kappa shape index (κ2) is 5.48. The highest BCUT2D eigenvalue weighted by molar-refractivity contribution is 7.89. The Balaban J connectivity index is 2.23. The molecule has 0 amide bonds. The summed E-state index contributed by atoms with van der Waals surface area (Å²) in [6.07, 6.45) is 2.94. The molecule has 0 aliphatic heterocycles. The number of hydrogen-bond acceptors (Lipinski definition) is 4. The fourth-order valence-corrected chi connectivity index (χ4v) is 2.83. The van der Waals surface area contributed by atoms with E-state index in [1.807, 2.05) is 0 Å². The summed E-state index contributed by atoms with van der Waals surface area (Å²) in [5.41, 5.74) is 0.777. The van der Waals surface area contributed by atoms with Crippen LogP contribution in [0.5, 0.6) is 0 Å². The van der Waals surface area contributed by atoms with Crippen LogP contribution in [0, 0.1) is 0 Å². The summed E-state index contributed by atoms with van der Waals surface area (Å²) in [4.78, 5) is 10.8. The first-order valence-corrected chi connectivity index (χ1v) is 7.16. The third-order valence-electron chi connectivity index (χ3n) is 2.79. The van der Waals surface area contributed by atoms with Gasteiger partial charge in [-0.1, -0.05) is 0 Å². The number of furan rings is 1. The van der Waals surface area contributed by atoms with E-state index in [1.165, 1.54) is 48.1 Å². The second-order valence-electron chi connectivity index (χ2n) is 4.22. The molecule has 0 fully saturated rings. The molecule has 1 N–H and O–H groups in total. The van der Waals surface area contributed by atoms with E-state index in [0.29, 0.717) is 0 Å². The van der Waals surface area contributed by atoms with Crippen LogP contribution in [0.2, 0.25) is 0 Å². The topological polar surface area (TPSA) is 87.8 Å². The SMILES string of the molecule is CN(Cc1ccoc1)S(=O)(=O)c1ccc(C(=O)O)cc1. The van der Waals surface area contributed by atoms with Crippen molar-refractivity contribution in [3.63, 3.8) is 0 Å². The minimum Gasteiger partial charge on any atom is -0.478 e. The lowest BCUT2D eigenvalue weighted by Crippen LogP contribution is -2.26. The molecule has 0 aliphatic carbocycles. The Bertz CT molecular complexity index is 689. The Morgan fingerprint density at radius 3 is 2.40 bits per heavy atom. The standard InChI is InChI=1S/C13H13NO5S/c1-14(8-10-6-7-19-9-10)20(17,18)12-4-2-11(3-5-12)13(15)16/h2-7,9H,8H2,1H3,(H,15,16). The smallest absolute Gasteiger partial charge is 0.335 e. The zero-order valence-electron chi connectivity index (χ0n) is 10.7. The van der Waals surface area contributed by atoms with Crippen LogP contribution in [0.1, 0.15) is 15.9 Å². The largest absolute Gasteiger partial charge is 0.478 e. The van der Waals surface area contributed by atoms with Crippen LogP contribution in [0.25, 0.3) is 0 Å². The maximum Gasteiger partial charge on any atom is 0.335 e. The Hall–Kier alpha value is -2.12. The Morgan fingerprint density at radius 2 is 1.90 bits per heavy atom. The van der Waals surface area contributed by atoms with Gasteiger partial charge in [0.1, 0.15) is 0 Å². The molecule has 0 saturated heterocycles. The third-order valence-corrected chi connectivity index (χ3v) is 4.61. The third kappa shape index (κ3) is 2.89. The Kier molecular flexibility index (Phi) is 3.91. The number of sulfonamides is 1. The lowest BCUT2D eigenvalue weighted by molar-refractivity contribution is 0.0696. The molecule has 1 heterocycles. The highest BCUT2D eigenvalue weighted by atomic mass is 32.2. The predicted molar refractivity (Wildman–Crippen MR) is 70.8 cm³/mol. The summed E-state index contributed by atoms with van der Waals surface area (Å²) in [5, 5.41) is 8.79. The molecule has 0 spiro atoms. The van der Waals surface area contributed by atoms with Crippen LogP contribution in [0.4, 0.5) is 0 Å². The first-order chi connectivity index (χ1) is 9.41. The molecule has 0 bridgehead atoms. The summed E-state index contributed by atoms with van der Waals surface area (Å²) in [6, 6.07) is 6.77. The molecule has 0 atom stereocenters. The number of nitrogens with zero attached hydrogens (tertiary/aromatic N) is 1. The van der Waals surface area contributed by atoms with Crippen molar-refractivity contribution in [2.24, 2.45) is 0 Å². The van der Waals surface area contributed by atoms with Gasteiger partial charge in [-0.05, 0) is 30.3 Å². The van der Waals surface area contributed by atoms with Gasteiger partial charge in [0.25, 0.3) is 0 Å². The molecule has 106 valence electrons. The number of carboxylic acid groups (broad SMARTS) is 1. The molecular weight excluding hydrogens is 282 g/mol. The first-order valence-electron chi connectivity index (χ1n) is 5.72. The molecule has 20 heavy (non-hydrogen) atoms. The van der Waals surface area contributed by atoms with E-state index in [4.69, 9.17) is 9.52 Å². The zero-order valence-corrected chi connectivity index (χ0v) is 11.5. The van der Waals surface area contributed by atoms with Crippen LogP contribution < -0.4 is 0 Å². The average Bonchev–Trinajstić information content (AvgIpc) is 2.91. The fourth-order valence-electron chi connectivity index (χ4n) is 1.67. The highest BCUT2D eigenvalue weighted by Crippen LogP contribution is 2.17. The van der Waals surface area contributed by atoms with E-state index in [0.717, 1.165) is 5.56 Å². The molecule has 2 rings (SSSR count). The van der Waals surface area contributed by atoms with Crippen LogP contribution in [-0.4, -0.2) is 30.8 Å². The minimum absolute atomic E-state index is 0.0430. The van der Waals surface area contributed by atoms with E-state index >= 15 is 0 Å². The second-order valence-corrected chi connectivity index (χ2v) is 6.27. The maximum absolute atomic E-state index is 12.3. The molecule has 2 aromatic rings. The van der Waals surface area contributed by atoms with Gasteiger partial charge >= 0.3 is 5.97 Å². The van der Waals surface area contributed by atoms with Crippen molar-refractivity contribution in [3.8, 4) is 0 Å². The Morgan fingerprint density at radius 1 is 1.25 bits per heavy atom. The van der Waals surface area contributed by atoms with Crippen molar-refractivity contribution in [2.45, 2.75) is 11.4 Å². The molecule has 0 saturated carbocycles. The van der Waals surface area contributed by atoms with Crippen LogP contribution in [0.15, 0.2) is 52.2 Å². The van der Waals surface area contributed by atoms with Gasteiger partial charge in [0.2, 0.25) is 10.0 Å². The van der Waals surface area contributed by atoms with Gasteiger partial charge in [0.05, 0.1) is 23.0 Å². The van der Waals surface area contributed by atoms with E-state index in [1.54, 1.807) is 6.07 Å². The first kappa shape index (κ1) is 14.3. The van der Waals surface area contributed by atoms with E-state index in [-0.39, 0.29) is 17.0 Å². The fraction of sp³-hybridized carbons (Fsp3) is 0.154. The van der Waals surface area contributed by atoms with Crippen molar-refractivity contribution in [2.75, 3.05) is 7.05 Å². The van der Waals surface area contributed by atoms with Crippen molar-refractivity contribution >= 4 is 16.0 Å². The molecule has 7 heteroatoms. The molecule has 0 aliphatic rings. The van der Waals surface area contributed by atoms with Gasteiger partial charge in [0.15, 0.2) is 0 Å². The molecule has 1 aromatic heterocycles. The highest BCUT2D eigenvalue weighted by Gasteiger charge is 2.21. The summed E-state index contributed by atoms with van der Waals surface area (Å²) in [5.74, 6) is -1.10. The van der Waals surface area contributed by atoms with E-state index < -0.39 is 16.0 Å². The normalized spacial score (nSPS) is 11.7. The summed E-state index contributed by atoms with van der Waals surface area (Å²) in [6.45, 7) is 0.180. The van der Waals surface area contributed by atoms with Crippen molar-refractivity contribution in [1.29, 1.82) is 0 Å². The molecule has 0 unspecified atom stereocenters. The number of carbonyl (C=O) groups is 1. The average molecular weight is 295 g/mol. The van der Waals surface area contributed by atoms with E-state index in [2.05, 4.69) is 0 Å². The zero-order chi connectivity index (χ0) is 14.8. The monoisotopic (exact) mass is 295 g/mol. The Labute approximate surface area is 116 Å².